The largest absolute Gasteiger partial charge is 0.330 e. The van der Waals surface area contributed by atoms with Crippen LogP contribution in [0.15, 0.2) is 11.3 Å². The first-order valence-electron chi connectivity index (χ1n) is 4.83. The van der Waals surface area contributed by atoms with Gasteiger partial charge in [0.2, 0.25) is 5.91 Å². The minimum absolute atomic E-state index is 0.205. The standard InChI is InChI=1S/C10H15NO/c1-2-9-8(7-3-4-7)5-6-10(12)11-9/h7H,2-6H2,1H3,(H,11,12). The van der Waals surface area contributed by atoms with Gasteiger partial charge in [0.05, 0.1) is 0 Å². The van der Waals surface area contributed by atoms with Crippen LogP contribution in [0.4, 0.5) is 0 Å². The summed E-state index contributed by atoms with van der Waals surface area (Å²) in [5.74, 6) is 1.02. The third-order valence-corrected chi connectivity index (χ3v) is 2.72. The van der Waals surface area contributed by atoms with E-state index in [0.29, 0.717) is 6.42 Å². The molecule has 1 aliphatic heterocycles. The highest BCUT2D eigenvalue weighted by Crippen LogP contribution is 2.41. The number of carbonyl (C=O) groups is 1. The Morgan fingerprint density at radius 1 is 1.42 bits per heavy atom. The molecule has 0 unspecified atom stereocenters. The third-order valence-electron chi connectivity index (χ3n) is 2.72. The summed E-state index contributed by atoms with van der Waals surface area (Å²) in [4.78, 5) is 11.1. The molecule has 1 amide bonds. The van der Waals surface area contributed by atoms with Crippen LogP contribution >= 0.6 is 0 Å². The van der Waals surface area contributed by atoms with Crippen LogP contribution in [0.2, 0.25) is 0 Å². The Labute approximate surface area is 73.0 Å². The van der Waals surface area contributed by atoms with Crippen molar-refractivity contribution in [2.45, 2.75) is 39.0 Å². The van der Waals surface area contributed by atoms with Crippen LogP contribution in [0.25, 0.3) is 0 Å². The van der Waals surface area contributed by atoms with Crippen LogP contribution in [0.1, 0.15) is 39.0 Å². The number of rotatable bonds is 2. The lowest BCUT2D eigenvalue weighted by Gasteiger charge is -2.19. The Kier molecular flexibility index (Phi) is 1.91. The second-order valence-electron chi connectivity index (χ2n) is 3.68. The SMILES string of the molecule is CCC1=C(C2CC2)CCC(=O)N1. The van der Waals surface area contributed by atoms with E-state index in [0.717, 1.165) is 18.8 Å². The number of amides is 1. The summed E-state index contributed by atoms with van der Waals surface area (Å²) in [7, 11) is 0. The van der Waals surface area contributed by atoms with E-state index in [-0.39, 0.29) is 5.91 Å². The third kappa shape index (κ3) is 1.38. The molecular formula is C10H15NO. The molecule has 0 atom stereocenters. The van der Waals surface area contributed by atoms with Crippen molar-refractivity contribution < 1.29 is 4.79 Å². The molecule has 0 bridgehead atoms. The number of carbonyl (C=O) groups excluding carboxylic acids is 1. The molecule has 2 aliphatic rings. The van der Waals surface area contributed by atoms with Gasteiger partial charge < -0.3 is 5.32 Å². The molecule has 0 aromatic heterocycles. The van der Waals surface area contributed by atoms with Crippen LogP contribution in [0.5, 0.6) is 0 Å². The number of hydrogen-bond donors (Lipinski definition) is 1. The number of hydrogen-bond acceptors (Lipinski definition) is 1. The molecule has 2 heteroatoms. The molecule has 1 N–H and O–H groups in total. The van der Waals surface area contributed by atoms with Gasteiger partial charge in [0.25, 0.3) is 0 Å². The Morgan fingerprint density at radius 3 is 2.75 bits per heavy atom. The van der Waals surface area contributed by atoms with E-state index in [4.69, 9.17) is 0 Å². The minimum atomic E-state index is 0.205. The molecule has 1 heterocycles. The maximum atomic E-state index is 11.1. The van der Waals surface area contributed by atoms with Crippen LogP contribution in [-0.4, -0.2) is 5.91 Å². The van der Waals surface area contributed by atoms with Gasteiger partial charge >= 0.3 is 0 Å². The maximum absolute atomic E-state index is 11.1. The van der Waals surface area contributed by atoms with Crippen LogP contribution in [0.3, 0.4) is 0 Å². The van der Waals surface area contributed by atoms with E-state index in [9.17, 15) is 4.79 Å². The van der Waals surface area contributed by atoms with Crippen molar-refractivity contribution in [1.82, 2.24) is 5.32 Å². The fourth-order valence-electron chi connectivity index (χ4n) is 1.91. The molecule has 2 rings (SSSR count). The summed E-state index contributed by atoms with van der Waals surface area (Å²) in [6.45, 7) is 2.11. The average molecular weight is 165 g/mol. The smallest absolute Gasteiger partial charge is 0.224 e. The van der Waals surface area contributed by atoms with E-state index in [2.05, 4.69) is 12.2 Å². The summed E-state index contributed by atoms with van der Waals surface area (Å²) in [5, 5.41) is 2.98. The minimum Gasteiger partial charge on any atom is -0.330 e. The van der Waals surface area contributed by atoms with Crippen LogP contribution < -0.4 is 5.32 Å². The first kappa shape index (κ1) is 7.84. The van der Waals surface area contributed by atoms with E-state index < -0.39 is 0 Å². The molecule has 66 valence electrons. The fourth-order valence-corrected chi connectivity index (χ4v) is 1.91. The highest BCUT2D eigenvalue weighted by atomic mass is 16.1. The van der Waals surface area contributed by atoms with E-state index >= 15 is 0 Å². The maximum Gasteiger partial charge on any atom is 0.224 e. The van der Waals surface area contributed by atoms with Crippen molar-refractivity contribution in [3.63, 3.8) is 0 Å². The summed E-state index contributed by atoms with van der Waals surface area (Å²) in [6.07, 6.45) is 5.38. The first-order valence-corrected chi connectivity index (χ1v) is 4.83. The Morgan fingerprint density at radius 2 is 2.17 bits per heavy atom. The predicted octanol–water partition coefficient (Wildman–Crippen LogP) is 1.97. The second kappa shape index (κ2) is 2.92. The van der Waals surface area contributed by atoms with Gasteiger partial charge in [0.1, 0.15) is 0 Å². The van der Waals surface area contributed by atoms with Crippen molar-refractivity contribution >= 4 is 5.91 Å². The van der Waals surface area contributed by atoms with Gasteiger partial charge in [-0.05, 0) is 37.2 Å². The Balaban J connectivity index is 2.17. The molecule has 0 radical (unpaired) electrons. The van der Waals surface area contributed by atoms with Crippen molar-refractivity contribution in [2.24, 2.45) is 5.92 Å². The second-order valence-corrected chi connectivity index (χ2v) is 3.68. The van der Waals surface area contributed by atoms with Crippen LogP contribution in [-0.2, 0) is 4.79 Å². The number of allylic oxidation sites excluding steroid dienone is 2. The van der Waals surface area contributed by atoms with Crippen molar-refractivity contribution in [3.05, 3.63) is 11.3 Å². The molecule has 1 aliphatic carbocycles. The Hall–Kier alpha value is -0.790. The molecule has 1 saturated carbocycles. The average Bonchev–Trinajstić information content (AvgIpc) is 2.87. The first-order chi connectivity index (χ1) is 5.81. The summed E-state index contributed by atoms with van der Waals surface area (Å²) in [6, 6.07) is 0. The van der Waals surface area contributed by atoms with Gasteiger partial charge in [0, 0.05) is 12.1 Å². The lowest BCUT2D eigenvalue weighted by molar-refractivity contribution is -0.120. The lowest BCUT2D eigenvalue weighted by atomic mass is 9.98. The zero-order valence-electron chi connectivity index (χ0n) is 7.52. The molecule has 0 aromatic rings. The highest BCUT2D eigenvalue weighted by Gasteiger charge is 2.30. The summed E-state index contributed by atoms with van der Waals surface area (Å²) in [5.41, 5.74) is 2.76. The molecule has 0 aromatic carbocycles. The van der Waals surface area contributed by atoms with Gasteiger partial charge in [0.15, 0.2) is 0 Å². The van der Waals surface area contributed by atoms with E-state index in [1.165, 1.54) is 24.1 Å². The van der Waals surface area contributed by atoms with Gasteiger partial charge in [-0.25, -0.2) is 0 Å². The quantitative estimate of drug-likeness (QED) is 0.666. The molecule has 1 fully saturated rings. The fraction of sp³-hybridized carbons (Fsp3) is 0.700. The molecule has 0 spiro atoms. The lowest BCUT2D eigenvalue weighted by Crippen LogP contribution is -2.28. The molecule has 0 saturated heterocycles. The monoisotopic (exact) mass is 165 g/mol. The van der Waals surface area contributed by atoms with Crippen molar-refractivity contribution in [1.29, 1.82) is 0 Å². The molecule has 12 heavy (non-hydrogen) atoms. The van der Waals surface area contributed by atoms with Gasteiger partial charge in [-0.15, -0.1) is 0 Å². The van der Waals surface area contributed by atoms with Crippen molar-refractivity contribution in [2.75, 3.05) is 0 Å². The van der Waals surface area contributed by atoms with E-state index in [1.807, 2.05) is 0 Å². The molecule has 2 nitrogen and oxygen atoms in total. The summed E-state index contributed by atoms with van der Waals surface area (Å²) < 4.78 is 0. The summed E-state index contributed by atoms with van der Waals surface area (Å²) >= 11 is 0. The Bertz CT molecular complexity index is 238. The topological polar surface area (TPSA) is 29.1 Å². The highest BCUT2D eigenvalue weighted by molar-refractivity contribution is 5.79. The normalized spacial score (nSPS) is 24.2. The van der Waals surface area contributed by atoms with E-state index in [1.54, 1.807) is 0 Å². The van der Waals surface area contributed by atoms with Crippen LogP contribution in [0, 0.1) is 5.92 Å². The zero-order valence-corrected chi connectivity index (χ0v) is 7.52. The van der Waals surface area contributed by atoms with Gasteiger partial charge in [-0.3, -0.25) is 4.79 Å². The molecular weight excluding hydrogens is 150 g/mol. The van der Waals surface area contributed by atoms with Crippen molar-refractivity contribution in [3.8, 4) is 0 Å². The van der Waals surface area contributed by atoms with Gasteiger partial charge in [-0.1, -0.05) is 6.92 Å². The van der Waals surface area contributed by atoms with Gasteiger partial charge in [-0.2, -0.15) is 0 Å². The number of nitrogens with one attached hydrogen (secondary N) is 1. The zero-order chi connectivity index (χ0) is 8.55. The predicted molar refractivity (Wildman–Crippen MR) is 47.4 cm³/mol.